The molecule has 3 aromatic heterocycles. The largest absolute Gasteiger partial charge is 0.332 e. The Morgan fingerprint density at radius 1 is 1.28 bits per heavy atom. The highest BCUT2D eigenvalue weighted by atomic mass is 32.1. The molecule has 8 heteroatoms. The highest BCUT2D eigenvalue weighted by Gasteiger charge is 2.26. The smallest absolute Gasteiger partial charge is 0.267 e. The van der Waals surface area contributed by atoms with E-state index in [2.05, 4.69) is 10.3 Å². The molecule has 1 N–H and O–H groups in total. The Morgan fingerprint density at radius 2 is 2.16 bits per heavy atom. The van der Waals surface area contributed by atoms with Gasteiger partial charge in [-0.25, -0.2) is 4.98 Å². The van der Waals surface area contributed by atoms with Gasteiger partial charge in [-0.15, -0.1) is 22.7 Å². The Labute approximate surface area is 157 Å². The molecular weight excluding hydrogens is 374 g/mol. The number of aryl methyl sites for hydroxylation is 1. The second-order valence-electron chi connectivity index (χ2n) is 5.79. The second-order valence-corrected chi connectivity index (χ2v) is 8.73. The molecular formula is C17H15N3O2S3. The number of carbonyl (C=O) groups is 2. The summed E-state index contributed by atoms with van der Waals surface area (Å²) in [6, 6.07) is 5.57. The molecule has 4 rings (SSSR count). The Balaban J connectivity index is 1.47. The van der Waals surface area contributed by atoms with Crippen LogP contribution in [-0.4, -0.2) is 28.2 Å². The molecule has 0 aromatic carbocycles. The number of carbonyl (C=O) groups excluding carboxylic acids is 2. The van der Waals surface area contributed by atoms with Crippen LogP contribution in [0.5, 0.6) is 0 Å². The van der Waals surface area contributed by atoms with E-state index >= 15 is 0 Å². The van der Waals surface area contributed by atoms with Gasteiger partial charge in [0.15, 0.2) is 5.13 Å². The molecule has 0 atom stereocenters. The van der Waals surface area contributed by atoms with Crippen LogP contribution in [0.25, 0.3) is 0 Å². The van der Waals surface area contributed by atoms with Gasteiger partial charge in [-0.3, -0.25) is 14.9 Å². The van der Waals surface area contributed by atoms with Crippen LogP contribution in [0.3, 0.4) is 0 Å². The number of nitrogens with zero attached hydrogens (tertiary/aromatic N) is 2. The maximum atomic E-state index is 12.6. The maximum absolute atomic E-state index is 12.6. The van der Waals surface area contributed by atoms with Gasteiger partial charge in [0, 0.05) is 17.8 Å². The zero-order valence-corrected chi connectivity index (χ0v) is 15.9. The molecule has 0 aliphatic carbocycles. The van der Waals surface area contributed by atoms with Crippen molar-refractivity contribution in [3.63, 3.8) is 0 Å². The van der Waals surface area contributed by atoms with Crippen molar-refractivity contribution >= 4 is 51.0 Å². The van der Waals surface area contributed by atoms with Crippen molar-refractivity contribution in [2.24, 2.45) is 0 Å². The lowest BCUT2D eigenvalue weighted by molar-refractivity contribution is 0.0741. The number of rotatable bonds is 3. The maximum Gasteiger partial charge on any atom is 0.267 e. The van der Waals surface area contributed by atoms with Crippen molar-refractivity contribution in [2.45, 2.75) is 19.9 Å². The van der Waals surface area contributed by atoms with Crippen LogP contribution in [0.2, 0.25) is 0 Å². The van der Waals surface area contributed by atoms with Gasteiger partial charge >= 0.3 is 0 Å². The van der Waals surface area contributed by atoms with Gasteiger partial charge in [-0.05, 0) is 35.4 Å². The van der Waals surface area contributed by atoms with Crippen molar-refractivity contribution in [3.05, 3.63) is 54.8 Å². The third-order valence-electron chi connectivity index (χ3n) is 3.93. The van der Waals surface area contributed by atoms with Gasteiger partial charge in [0.25, 0.3) is 11.8 Å². The monoisotopic (exact) mass is 389 g/mol. The molecule has 0 spiro atoms. The number of thiophene rings is 2. The number of nitrogens with one attached hydrogen (secondary N) is 1. The normalized spacial score (nSPS) is 13.6. The minimum Gasteiger partial charge on any atom is -0.332 e. The first kappa shape index (κ1) is 16.4. The fourth-order valence-corrected chi connectivity index (χ4v) is 5.19. The first-order valence-electron chi connectivity index (χ1n) is 7.78. The summed E-state index contributed by atoms with van der Waals surface area (Å²) >= 11 is 4.34. The van der Waals surface area contributed by atoms with Crippen LogP contribution in [0.1, 0.15) is 35.5 Å². The van der Waals surface area contributed by atoms with Gasteiger partial charge in [0.1, 0.15) is 0 Å². The highest BCUT2D eigenvalue weighted by molar-refractivity contribution is 7.16. The van der Waals surface area contributed by atoms with Crippen molar-refractivity contribution < 1.29 is 9.59 Å². The topological polar surface area (TPSA) is 62.3 Å². The summed E-state index contributed by atoms with van der Waals surface area (Å²) < 4.78 is 0. The minimum absolute atomic E-state index is 0.0707. The van der Waals surface area contributed by atoms with Gasteiger partial charge in [0.2, 0.25) is 0 Å². The van der Waals surface area contributed by atoms with E-state index in [0.717, 1.165) is 27.4 Å². The van der Waals surface area contributed by atoms with Crippen LogP contribution >= 0.6 is 34.0 Å². The molecule has 0 bridgehead atoms. The lowest BCUT2D eigenvalue weighted by Crippen LogP contribution is -2.35. The van der Waals surface area contributed by atoms with E-state index in [1.165, 1.54) is 34.0 Å². The summed E-state index contributed by atoms with van der Waals surface area (Å²) in [6.07, 6.45) is 0.719. The van der Waals surface area contributed by atoms with Crippen LogP contribution in [0.15, 0.2) is 29.0 Å². The van der Waals surface area contributed by atoms with Gasteiger partial charge in [0.05, 0.1) is 22.0 Å². The molecule has 0 radical (unpaired) electrons. The summed E-state index contributed by atoms with van der Waals surface area (Å²) in [5.74, 6) is -0.0654. The zero-order valence-electron chi connectivity index (χ0n) is 13.4. The van der Waals surface area contributed by atoms with Crippen LogP contribution < -0.4 is 5.32 Å². The average Bonchev–Trinajstić information content (AvgIpc) is 3.33. The fraction of sp³-hybridized carbons (Fsp3) is 0.235. The first-order chi connectivity index (χ1) is 12.1. The first-order valence-corrected chi connectivity index (χ1v) is 10.4. The third-order valence-corrected chi connectivity index (χ3v) is 6.83. The predicted molar refractivity (Wildman–Crippen MR) is 102 cm³/mol. The number of anilines is 1. The summed E-state index contributed by atoms with van der Waals surface area (Å²) in [6.45, 7) is 3.20. The Morgan fingerprint density at radius 3 is 2.88 bits per heavy atom. The summed E-state index contributed by atoms with van der Waals surface area (Å²) in [5, 5.41) is 7.33. The van der Waals surface area contributed by atoms with E-state index < -0.39 is 0 Å². The van der Waals surface area contributed by atoms with Gasteiger partial charge in [-0.1, -0.05) is 17.4 Å². The van der Waals surface area contributed by atoms with E-state index in [1.807, 2.05) is 34.7 Å². The van der Waals surface area contributed by atoms with E-state index in [4.69, 9.17) is 0 Å². The summed E-state index contributed by atoms with van der Waals surface area (Å²) in [7, 11) is 0. The molecule has 128 valence electrons. The average molecular weight is 390 g/mol. The van der Waals surface area contributed by atoms with Crippen LogP contribution in [-0.2, 0) is 13.0 Å². The summed E-state index contributed by atoms with van der Waals surface area (Å²) in [4.78, 5) is 33.6. The second kappa shape index (κ2) is 6.70. The van der Waals surface area contributed by atoms with Crippen molar-refractivity contribution in [2.75, 3.05) is 11.9 Å². The number of hydrogen-bond acceptors (Lipinski definition) is 6. The molecule has 0 fully saturated rings. The molecule has 3 aromatic rings. The molecule has 2 amide bonds. The lowest BCUT2D eigenvalue weighted by atomic mass is 10.1. The summed E-state index contributed by atoms with van der Waals surface area (Å²) in [5.41, 5.74) is 2.10. The van der Waals surface area contributed by atoms with Gasteiger partial charge in [-0.2, -0.15) is 0 Å². The number of amides is 2. The number of thiazole rings is 1. The lowest BCUT2D eigenvalue weighted by Gasteiger charge is -2.25. The molecule has 5 nitrogen and oxygen atoms in total. The fourth-order valence-electron chi connectivity index (χ4n) is 2.69. The van der Waals surface area contributed by atoms with Crippen molar-refractivity contribution in [1.29, 1.82) is 0 Å². The standard InChI is InChI=1S/C17H15N3O2S3/c1-10-7-13(24-9-10)16(22)20-5-4-11-14(8-20)25-17(18-11)19-15(21)12-3-2-6-23-12/h2-3,6-7,9H,4-5,8H2,1H3,(H,18,19,21). The number of fused-ring (bicyclic) bond motifs is 1. The molecule has 0 saturated carbocycles. The predicted octanol–water partition coefficient (Wildman–Crippen LogP) is 4.03. The molecule has 4 heterocycles. The van der Waals surface area contributed by atoms with E-state index in [1.54, 1.807) is 6.07 Å². The molecule has 25 heavy (non-hydrogen) atoms. The Kier molecular flexibility index (Phi) is 4.41. The minimum atomic E-state index is -0.136. The molecule has 1 aliphatic rings. The van der Waals surface area contributed by atoms with E-state index in [9.17, 15) is 9.59 Å². The van der Waals surface area contributed by atoms with Crippen molar-refractivity contribution in [3.8, 4) is 0 Å². The van der Waals surface area contributed by atoms with E-state index in [-0.39, 0.29) is 11.8 Å². The Bertz CT molecular complexity index is 927. The quantitative estimate of drug-likeness (QED) is 0.736. The highest BCUT2D eigenvalue weighted by Crippen LogP contribution is 2.30. The number of hydrogen-bond donors (Lipinski definition) is 1. The SMILES string of the molecule is Cc1csc(C(=O)N2CCc3nc(NC(=O)c4cccs4)sc3C2)c1. The van der Waals surface area contributed by atoms with Crippen LogP contribution in [0, 0.1) is 6.92 Å². The molecule has 1 aliphatic heterocycles. The van der Waals surface area contributed by atoms with Gasteiger partial charge < -0.3 is 4.90 Å². The zero-order chi connectivity index (χ0) is 17.4. The van der Waals surface area contributed by atoms with Crippen LogP contribution in [0.4, 0.5) is 5.13 Å². The molecule has 0 unspecified atom stereocenters. The Hall–Kier alpha value is -2.03. The van der Waals surface area contributed by atoms with E-state index in [0.29, 0.717) is 23.1 Å². The van der Waals surface area contributed by atoms with Crippen molar-refractivity contribution in [1.82, 2.24) is 9.88 Å². The number of aromatic nitrogens is 1. The third kappa shape index (κ3) is 3.37. The molecule has 0 saturated heterocycles.